The number of carboxylic acid groups (broad SMARTS) is 1. The Morgan fingerprint density at radius 3 is 2.44 bits per heavy atom. The van der Waals surface area contributed by atoms with Gasteiger partial charge in [-0.15, -0.1) is 0 Å². The van der Waals surface area contributed by atoms with E-state index < -0.39 is 21.2 Å². The van der Waals surface area contributed by atoms with E-state index in [4.69, 9.17) is 5.11 Å². The zero-order chi connectivity index (χ0) is 12.6. The van der Waals surface area contributed by atoms with Crippen molar-refractivity contribution in [2.45, 2.75) is 51.3 Å². The minimum absolute atomic E-state index is 0.0920. The molecule has 5 nitrogen and oxygen atoms in total. The van der Waals surface area contributed by atoms with Crippen LogP contribution in [0.2, 0.25) is 0 Å². The highest BCUT2D eigenvalue weighted by Gasteiger charge is 2.39. The van der Waals surface area contributed by atoms with E-state index >= 15 is 0 Å². The van der Waals surface area contributed by atoms with Crippen LogP contribution in [0.5, 0.6) is 0 Å². The zero-order valence-corrected chi connectivity index (χ0v) is 10.7. The summed E-state index contributed by atoms with van der Waals surface area (Å²) < 4.78 is 26.0. The minimum atomic E-state index is -3.76. The number of carboxylic acids is 1. The van der Waals surface area contributed by atoms with Crippen LogP contribution in [0.4, 0.5) is 0 Å². The summed E-state index contributed by atoms with van der Waals surface area (Å²) in [4.78, 5) is 10.7. The fourth-order valence-electron chi connectivity index (χ4n) is 1.98. The number of rotatable bonds is 4. The second kappa shape index (κ2) is 4.33. The largest absolute Gasteiger partial charge is 0.480 e. The molecule has 16 heavy (non-hydrogen) atoms. The molecule has 2 unspecified atom stereocenters. The average Bonchev–Trinajstić information content (AvgIpc) is 2.44. The van der Waals surface area contributed by atoms with E-state index in [9.17, 15) is 13.2 Å². The first-order chi connectivity index (χ1) is 7.17. The van der Waals surface area contributed by atoms with Crippen LogP contribution >= 0.6 is 0 Å². The molecule has 2 atom stereocenters. The average molecular weight is 249 g/mol. The van der Waals surface area contributed by atoms with Crippen molar-refractivity contribution in [1.82, 2.24) is 4.72 Å². The summed E-state index contributed by atoms with van der Waals surface area (Å²) in [6.07, 6.45) is 2.71. The second-order valence-corrected chi connectivity index (χ2v) is 7.11. The summed E-state index contributed by atoms with van der Waals surface area (Å²) in [7, 11) is -3.76. The lowest BCUT2D eigenvalue weighted by Gasteiger charge is -2.28. The van der Waals surface area contributed by atoms with Gasteiger partial charge >= 0.3 is 5.97 Å². The highest BCUT2D eigenvalue weighted by atomic mass is 32.2. The highest BCUT2D eigenvalue weighted by Crippen LogP contribution is 2.37. The molecule has 94 valence electrons. The maximum Gasteiger partial charge on any atom is 0.323 e. The van der Waals surface area contributed by atoms with Gasteiger partial charge in [0.1, 0.15) is 0 Å². The molecular weight excluding hydrogens is 230 g/mol. The molecule has 0 aromatic carbocycles. The van der Waals surface area contributed by atoms with Crippen LogP contribution in [0, 0.1) is 5.41 Å². The van der Waals surface area contributed by atoms with Crippen molar-refractivity contribution >= 4 is 16.0 Å². The van der Waals surface area contributed by atoms with Gasteiger partial charge in [0.05, 0.1) is 0 Å². The third-order valence-corrected chi connectivity index (χ3v) is 5.12. The molecular formula is C10H19NO4S. The van der Waals surface area contributed by atoms with Gasteiger partial charge in [-0.2, -0.15) is 0 Å². The molecule has 0 spiro atoms. The molecule has 1 fully saturated rings. The SMILES string of the molecule is CC(C(=O)O)S(=O)(=O)NC1CCCC1(C)C. The molecule has 0 amide bonds. The molecule has 1 saturated carbocycles. The quantitative estimate of drug-likeness (QED) is 0.777. The minimum Gasteiger partial charge on any atom is -0.480 e. The molecule has 0 radical (unpaired) electrons. The molecule has 1 aliphatic rings. The Balaban J connectivity index is 2.78. The van der Waals surface area contributed by atoms with E-state index in [1.165, 1.54) is 6.92 Å². The van der Waals surface area contributed by atoms with Crippen molar-refractivity contribution in [3.63, 3.8) is 0 Å². The second-order valence-electron chi connectivity index (χ2n) is 5.08. The lowest BCUT2D eigenvalue weighted by molar-refractivity contribution is -0.136. The molecule has 0 bridgehead atoms. The molecule has 0 aromatic heterocycles. The van der Waals surface area contributed by atoms with Crippen LogP contribution in [0.1, 0.15) is 40.0 Å². The number of aliphatic carboxylic acids is 1. The predicted octanol–water partition coefficient (Wildman–Crippen LogP) is 0.958. The van der Waals surface area contributed by atoms with Gasteiger partial charge in [-0.25, -0.2) is 13.1 Å². The van der Waals surface area contributed by atoms with Crippen LogP contribution in [-0.2, 0) is 14.8 Å². The monoisotopic (exact) mass is 249 g/mol. The van der Waals surface area contributed by atoms with Gasteiger partial charge in [0.25, 0.3) is 0 Å². The van der Waals surface area contributed by atoms with E-state index in [0.717, 1.165) is 19.3 Å². The number of hydrogen-bond acceptors (Lipinski definition) is 3. The van der Waals surface area contributed by atoms with Crippen molar-refractivity contribution < 1.29 is 18.3 Å². The van der Waals surface area contributed by atoms with Gasteiger partial charge in [0.2, 0.25) is 10.0 Å². The summed E-state index contributed by atoms with van der Waals surface area (Å²) >= 11 is 0. The maximum atomic E-state index is 11.7. The van der Waals surface area contributed by atoms with Crippen molar-refractivity contribution in [2.75, 3.05) is 0 Å². The van der Waals surface area contributed by atoms with Gasteiger partial charge in [-0.3, -0.25) is 4.79 Å². The van der Waals surface area contributed by atoms with E-state index in [-0.39, 0.29) is 11.5 Å². The zero-order valence-electron chi connectivity index (χ0n) is 9.86. The lowest BCUT2D eigenvalue weighted by Crippen LogP contribution is -2.46. The number of hydrogen-bond donors (Lipinski definition) is 2. The first-order valence-corrected chi connectivity index (χ1v) is 6.95. The third kappa shape index (κ3) is 2.74. The Kier molecular flexibility index (Phi) is 3.64. The molecule has 0 heterocycles. The van der Waals surface area contributed by atoms with E-state index in [1.54, 1.807) is 0 Å². The summed E-state index contributed by atoms with van der Waals surface area (Å²) in [6, 6.07) is -0.153. The number of nitrogens with one attached hydrogen (secondary N) is 1. The highest BCUT2D eigenvalue weighted by molar-refractivity contribution is 7.90. The molecule has 2 N–H and O–H groups in total. The van der Waals surface area contributed by atoms with Crippen molar-refractivity contribution in [3.8, 4) is 0 Å². The van der Waals surface area contributed by atoms with Crippen LogP contribution in [0.15, 0.2) is 0 Å². The lowest BCUT2D eigenvalue weighted by atomic mass is 9.88. The third-order valence-electron chi connectivity index (χ3n) is 3.38. The van der Waals surface area contributed by atoms with Gasteiger partial charge in [0.15, 0.2) is 5.25 Å². The smallest absolute Gasteiger partial charge is 0.323 e. The molecule has 0 aliphatic heterocycles. The molecule has 0 aromatic rings. The summed E-state index contributed by atoms with van der Waals surface area (Å²) in [6.45, 7) is 5.18. The van der Waals surface area contributed by atoms with Gasteiger partial charge in [0, 0.05) is 6.04 Å². The van der Waals surface area contributed by atoms with Gasteiger partial charge < -0.3 is 5.11 Å². The van der Waals surface area contributed by atoms with Crippen molar-refractivity contribution in [2.24, 2.45) is 5.41 Å². The maximum absolute atomic E-state index is 11.7. The van der Waals surface area contributed by atoms with Gasteiger partial charge in [-0.1, -0.05) is 20.3 Å². The van der Waals surface area contributed by atoms with Crippen molar-refractivity contribution in [1.29, 1.82) is 0 Å². The van der Waals surface area contributed by atoms with E-state index in [2.05, 4.69) is 4.72 Å². The summed E-state index contributed by atoms with van der Waals surface area (Å²) in [5.41, 5.74) is -0.0920. The Bertz CT molecular complexity index is 374. The number of sulfonamides is 1. The fourth-order valence-corrected chi connectivity index (χ4v) is 3.28. The summed E-state index contributed by atoms with van der Waals surface area (Å²) in [5, 5.41) is 7.30. The van der Waals surface area contributed by atoms with Crippen LogP contribution in [0.25, 0.3) is 0 Å². The Morgan fingerprint density at radius 2 is 2.06 bits per heavy atom. The molecule has 6 heteroatoms. The molecule has 1 rings (SSSR count). The Hall–Kier alpha value is -0.620. The standard InChI is InChI=1S/C10H19NO4S/c1-7(9(12)13)16(14,15)11-8-5-4-6-10(8,2)3/h7-8,11H,4-6H2,1-3H3,(H,12,13). The Morgan fingerprint density at radius 1 is 1.50 bits per heavy atom. The molecule has 1 aliphatic carbocycles. The van der Waals surface area contributed by atoms with Crippen molar-refractivity contribution in [3.05, 3.63) is 0 Å². The number of carbonyl (C=O) groups is 1. The predicted molar refractivity (Wildman–Crippen MR) is 60.6 cm³/mol. The van der Waals surface area contributed by atoms with Crippen LogP contribution in [0.3, 0.4) is 0 Å². The van der Waals surface area contributed by atoms with E-state index in [1.807, 2.05) is 13.8 Å². The van der Waals surface area contributed by atoms with Gasteiger partial charge in [-0.05, 0) is 25.2 Å². The Labute approximate surface area is 96.3 Å². The topological polar surface area (TPSA) is 83.5 Å². The van der Waals surface area contributed by atoms with Crippen LogP contribution < -0.4 is 4.72 Å². The van der Waals surface area contributed by atoms with E-state index in [0.29, 0.717) is 0 Å². The first kappa shape index (κ1) is 13.4. The summed E-state index contributed by atoms with van der Waals surface area (Å²) in [5.74, 6) is -1.32. The van der Waals surface area contributed by atoms with Crippen LogP contribution in [-0.4, -0.2) is 30.8 Å². The first-order valence-electron chi connectivity index (χ1n) is 5.41. The molecule has 0 saturated heterocycles. The fraction of sp³-hybridized carbons (Fsp3) is 0.900. The normalized spacial score (nSPS) is 26.6.